The molecule has 0 radical (unpaired) electrons. The van der Waals surface area contributed by atoms with Gasteiger partial charge in [-0.25, -0.2) is 9.59 Å². The van der Waals surface area contributed by atoms with Crippen molar-refractivity contribution in [3.8, 4) is 0 Å². The molecule has 0 heterocycles. The second kappa shape index (κ2) is 15.7. The first-order valence-electron chi connectivity index (χ1n) is 12.4. The molecule has 1 aliphatic carbocycles. The molecular weight excluding hydrogens is 454 g/mol. The average Bonchev–Trinajstić information content (AvgIpc) is 2.83. The first kappa shape index (κ1) is 28.1. The Morgan fingerprint density at radius 2 is 1.94 bits per heavy atom. The molecule has 8 nitrogen and oxygen atoms in total. The van der Waals surface area contributed by atoms with Crippen LogP contribution >= 0.6 is 11.6 Å². The fourth-order valence-corrected chi connectivity index (χ4v) is 4.68. The quantitative estimate of drug-likeness (QED) is 0.359. The van der Waals surface area contributed by atoms with E-state index >= 15 is 0 Å². The number of ether oxygens (including phenoxy) is 1. The highest BCUT2D eigenvalue weighted by Crippen LogP contribution is 2.27. The Kier molecular flexibility index (Phi) is 12.9. The van der Waals surface area contributed by atoms with Gasteiger partial charge in [0.25, 0.3) is 0 Å². The van der Waals surface area contributed by atoms with Gasteiger partial charge >= 0.3 is 12.1 Å². The van der Waals surface area contributed by atoms with Crippen molar-refractivity contribution >= 4 is 29.4 Å². The van der Waals surface area contributed by atoms with Gasteiger partial charge in [0.15, 0.2) is 0 Å². The fraction of sp³-hybridized carbons (Fsp3) is 0.680. The third-order valence-electron chi connectivity index (χ3n) is 6.41. The van der Waals surface area contributed by atoms with E-state index in [0.29, 0.717) is 37.1 Å². The molecule has 1 aromatic carbocycles. The second-order valence-corrected chi connectivity index (χ2v) is 9.54. The molecule has 0 bridgehead atoms. The van der Waals surface area contributed by atoms with Gasteiger partial charge in [-0.1, -0.05) is 49.8 Å². The van der Waals surface area contributed by atoms with Crippen LogP contribution in [0.5, 0.6) is 0 Å². The Morgan fingerprint density at radius 1 is 1.18 bits per heavy atom. The number of halogens is 1. The normalized spacial score (nSPS) is 14.8. The van der Waals surface area contributed by atoms with Crippen LogP contribution in [0.1, 0.15) is 44.9 Å². The van der Waals surface area contributed by atoms with Crippen molar-refractivity contribution in [3.05, 3.63) is 29.3 Å². The molecule has 0 unspecified atom stereocenters. The zero-order chi connectivity index (χ0) is 24.8. The van der Waals surface area contributed by atoms with E-state index in [1.807, 2.05) is 38.4 Å². The summed E-state index contributed by atoms with van der Waals surface area (Å²) < 4.78 is 4.62. The third-order valence-corrected chi connectivity index (χ3v) is 6.64. The Bertz CT molecular complexity index is 745. The predicted octanol–water partition coefficient (Wildman–Crippen LogP) is 4.09. The number of carbonyl (C=O) groups excluding carboxylic acids is 2. The lowest BCUT2D eigenvalue weighted by atomic mass is 9.85. The number of amides is 3. The highest BCUT2D eigenvalue weighted by Gasteiger charge is 2.21. The maximum Gasteiger partial charge on any atom is 0.406 e. The number of alkyl carbamates (subject to hydrolysis) is 1. The zero-order valence-electron chi connectivity index (χ0n) is 20.9. The van der Waals surface area contributed by atoms with Crippen LogP contribution in [-0.4, -0.2) is 77.0 Å². The van der Waals surface area contributed by atoms with Gasteiger partial charge in [-0.15, -0.1) is 0 Å². The lowest BCUT2D eigenvalue weighted by molar-refractivity contribution is 0.171. The van der Waals surface area contributed by atoms with E-state index in [1.165, 1.54) is 39.2 Å². The number of hydrogen-bond acceptors (Lipinski definition) is 5. The van der Waals surface area contributed by atoms with Crippen molar-refractivity contribution in [3.63, 3.8) is 0 Å². The first-order chi connectivity index (χ1) is 16.4. The van der Waals surface area contributed by atoms with Crippen LogP contribution < -0.4 is 20.9 Å². The minimum atomic E-state index is -0.435. The SMILES string of the molecule is CNC[C@H](CC1CCCCC1)NC(=O)N(C)CCN(CCCNC(=O)OC)c1cccc(Cl)c1. The lowest BCUT2D eigenvalue weighted by Gasteiger charge is -2.30. The minimum Gasteiger partial charge on any atom is -0.453 e. The molecule has 0 aromatic heterocycles. The molecule has 3 amide bonds. The van der Waals surface area contributed by atoms with Gasteiger partial charge in [-0.2, -0.15) is 0 Å². The highest BCUT2D eigenvalue weighted by molar-refractivity contribution is 6.30. The molecule has 1 aliphatic rings. The summed E-state index contributed by atoms with van der Waals surface area (Å²) in [5.41, 5.74) is 0.990. The molecule has 3 N–H and O–H groups in total. The summed E-state index contributed by atoms with van der Waals surface area (Å²) in [6.45, 7) is 3.22. The summed E-state index contributed by atoms with van der Waals surface area (Å²) in [6.07, 6.45) is 7.82. The Hall–Kier alpha value is -2.19. The molecule has 192 valence electrons. The molecule has 1 atom stereocenters. The number of carbonyl (C=O) groups is 2. The lowest BCUT2D eigenvalue weighted by Crippen LogP contribution is -2.49. The number of hydrogen-bond donors (Lipinski definition) is 3. The molecule has 0 saturated heterocycles. The Balaban J connectivity index is 1.89. The van der Waals surface area contributed by atoms with E-state index in [1.54, 1.807) is 4.90 Å². The van der Waals surface area contributed by atoms with Crippen LogP contribution in [0, 0.1) is 5.92 Å². The summed E-state index contributed by atoms with van der Waals surface area (Å²) in [7, 11) is 5.12. The van der Waals surface area contributed by atoms with Crippen molar-refractivity contribution in [1.29, 1.82) is 0 Å². The van der Waals surface area contributed by atoms with Gasteiger partial charge in [-0.05, 0) is 44.0 Å². The standard InChI is InChI=1S/C25H42ClN5O3/c1-27-19-22(17-20-9-5-4-6-10-20)29-24(32)30(2)15-16-31(14-8-13-28-25(33)34-3)23-12-7-11-21(26)18-23/h7,11-12,18,20,22,27H,4-6,8-10,13-17,19H2,1-3H3,(H,28,33)(H,29,32)/t22-/m0/s1. The fourth-order valence-electron chi connectivity index (χ4n) is 4.50. The highest BCUT2D eigenvalue weighted by atomic mass is 35.5. The van der Waals surface area contributed by atoms with Crippen LogP contribution in [0.2, 0.25) is 5.02 Å². The largest absolute Gasteiger partial charge is 0.453 e. The Morgan fingerprint density at radius 3 is 2.62 bits per heavy atom. The van der Waals surface area contributed by atoms with E-state index in [-0.39, 0.29) is 12.1 Å². The average molecular weight is 496 g/mol. The predicted molar refractivity (Wildman–Crippen MR) is 139 cm³/mol. The number of rotatable bonds is 13. The van der Waals surface area contributed by atoms with Crippen molar-refractivity contribution in [1.82, 2.24) is 20.9 Å². The van der Waals surface area contributed by atoms with Crippen LogP contribution in [0.3, 0.4) is 0 Å². The van der Waals surface area contributed by atoms with Crippen LogP contribution in [0.4, 0.5) is 15.3 Å². The molecule has 2 rings (SSSR count). The van der Waals surface area contributed by atoms with E-state index < -0.39 is 6.09 Å². The van der Waals surface area contributed by atoms with E-state index in [4.69, 9.17) is 11.6 Å². The summed E-state index contributed by atoms with van der Waals surface area (Å²) in [5, 5.41) is 9.83. The summed E-state index contributed by atoms with van der Waals surface area (Å²) in [5.74, 6) is 0.703. The number of anilines is 1. The summed E-state index contributed by atoms with van der Waals surface area (Å²) in [6, 6.07) is 7.78. The van der Waals surface area contributed by atoms with Gasteiger partial charge in [0.1, 0.15) is 0 Å². The van der Waals surface area contributed by atoms with Crippen molar-refractivity contribution < 1.29 is 14.3 Å². The van der Waals surface area contributed by atoms with Gasteiger partial charge < -0.3 is 30.5 Å². The third kappa shape index (κ3) is 10.4. The second-order valence-electron chi connectivity index (χ2n) is 9.10. The smallest absolute Gasteiger partial charge is 0.406 e. The zero-order valence-corrected chi connectivity index (χ0v) is 21.7. The molecule has 0 aliphatic heterocycles. The number of nitrogens with one attached hydrogen (secondary N) is 3. The van der Waals surface area contributed by atoms with E-state index in [0.717, 1.165) is 25.1 Å². The molecular formula is C25H42ClN5O3. The van der Waals surface area contributed by atoms with Crippen LogP contribution in [-0.2, 0) is 4.74 Å². The van der Waals surface area contributed by atoms with Crippen LogP contribution in [0.15, 0.2) is 24.3 Å². The molecule has 1 aromatic rings. The van der Waals surface area contributed by atoms with Crippen molar-refractivity contribution in [2.75, 3.05) is 58.8 Å². The Labute approximate surface area is 209 Å². The van der Waals surface area contributed by atoms with Crippen LogP contribution in [0.25, 0.3) is 0 Å². The summed E-state index contributed by atoms with van der Waals surface area (Å²) >= 11 is 6.21. The maximum atomic E-state index is 12.9. The summed E-state index contributed by atoms with van der Waals surface area (Å²) in [4.78, 5) is 28.2. The molecule has 1 fully saturated rings. The van der Waals surface area contributed by atoms with E-state index in [2.05, 4.69) is 25.6 Å². The van der Waals surface area contributed by atoms with Gasteiger partial charge in [0.05, 0.1) is 7.11 Å². The molecule has 34 heavy (non-hydrogen) atoms. The monoisotopic (exact) mass is 495 g/mol. The van der Waals surface area contributed by atoms with E-state index in [9.17, 15) is 9.59 Å². The van der Waals surface area contributed by atoms with Gasteiger partial charge in [0.2, 0.25) is 0 Å². The van der Waals surface area contributed by atoms with Gasteiger partial charge in [-0.3, -0.25) is 0 Å². The number of methoxy groups -OCH3 is 1. The number of benzene rings is 1. The van der Waals surface area contributed by atoms with Gasteiger partial charge in [0, 0.05) is 56.5 Å². The number of nitrogens with zero attached hydrogens (tertiary/aromatic N) is 2. The van der Waals surface area contributed by atoms with Crippen molar-refractivity contribution in [2.45, 2.75) is 51.0 Å². The number of urea groups is 1. The topological polar surface area (TPSA) is 85.9 Å². The van der Waals surface area contributed by atoms with Crippen molar-refractivity contribution in [2.24, 2.45) is 5.92 Å². The molecule has 9 heteroatoms. The molecule has 0 spiro atoms. The maximum absolute atomic E-state index is 12.9. The first-order valence-corrected chi connectivity index (χ1v) is 12.8. The molecule has 1 saturated carbocycles. The minimum absolute atomic E-state index is 0.0468. The number of likely N-dealkylation sites (N-methyl/N-ethyl adjacent to an activating group) is 2.